The van der Waals surface area contributed by atoms with Gasteiger partial charge in [0.1, 0.15) is 23.3 Å². The minimum Gasteiger partial charge on any atom is -0.457 e. The summed E-state index contributed by atoms with van der Waals surface area (Å²) in [6.45, 7) is 5.92. The zero-order valence-corrected chi connectivity index (χ0v) is 21.3. The molecule has 0 aliphatic heterocycles. The number of alkyl halides is 3. The Labute approximate surface area is 218 Å². The number of fused-ring (bicyclic) bond motifs is 1. The summed E-state index contributed by atoms with van der Waals surface area (Å²) < 4.78 is 46.8. The fraction of sp³-hybridized carbons (Fsp3) is 0.296. The van der Waals surface area contributed by atoms with Gasteiger partial charge >= 0.3 is 6.18 Å². The number of likely N-dealkylation sites (N-methyl/N-ethyl adjacent to an activating group) is 1. The Hall–Kier alpha value is -4.12. The number of nitrogens with one attached hydrogen (secondary N) is 2. The molecule has 4 aromatic rings. The number of hydrogen-bond acceptors (Lipinski definition) is 6. The molecule has 1 amide bonds. The van der Waals surface area contributed by atoms with Gasteiger partial charge in [-0.25, -0.2) is 9.97 Å². The molecule has 4 rings (SSSR count). The molecule has 0 unspecified atom stereocenters. The monoisotopic (exact) mass is 526 g/mol. The van der Waals surface area contributed by atoms with E-state index in [1.807, 2.05) is 48.7 Å². The summed E-state index contributed by atoms with van der Waals surface area (Å²) in [6.07, 6.45) is -1.08. The van der Waals surface area contributed by atoms with Gasteiger partial charge in [0.2, 0.25) is 5.91 Å². The summed E-state index contributed by atoms with van der Waals surface area (Å²) >= 11 is 0. The second-order valence-electron chi connectivity index (χ2n) is 8.88. The Morgan fingerprint density at radius 1 is 1.13 bits per heavy atom. The van der Waals surface area contributed by atoms with E-state index < -0.39 is 11.7 Å². The van der Waals surface area contributed by atoms with Gasteiger partial charge in [0.15, 0.2) is 5.82 Å². The lowest BCUT2D eigenvalue weighted by atomic mass is 10.2. The Kier molecular flexibility index (Phi) is 8.16. The maximum Gasteiger partial charge on any atom is 0.416 e. The number of amides is 1. The number of ether oxygens (including phenoxy) is 1. The van der Waals surface area contributed by atoms with Crippen LogP contribution in [0, 0.1) is 6.92 Å². The maximum absolute atomic E-state index is 13.0. The van der Waals surface area contributed by atoms with E-state index in [4.69, 9.17) is 4.74 Å². The van der Waals surface area contributed by atoms with E-state index in [9.17, 15) is 18.0 Å². The SMILES string of the molecule is CCN(C)CC(=O)NCCn1ccc2ncnc(Nc3ccc(Oc4cccc(C(F)(F)F)c4)c(C)c3)c21. The van der Waals surface area contributed by atoms with Crippen molar-refractivity contribution in [2.24, 2.45) is 0 Å². The molecule has 11 heteroatoms. The predicted octanol–water partition coefficient (Wildman–Crippen LogP) is 5.36. The molecule has 2 aromatic carbocycles. The molecule has 0 fully saturated rings. The van der Waals surface area contributed by atoms with Gasteiger partial charge in [-0.2, -0.15) is 13.2 Å². The fourth-order valence-electron chi connectivity index (χ4n) is 3.88. The second kappa shape index (κ2) is 11.5. The summed E-state index contributed by atoms with van der Waals surface area (Å²) in [6, 6.07) is 11.9. The quantitative estimate of drug-likeness (QED) is 0.289. The van der Waals surface area contributed by atoms with Crippen molar-refractivity contribution in [2.45, 2.75) is 26.6 Å². The summed E-state index contributed by atoms with van der Waals surface area (Å²) in [5, 5.41) is 6.22. The molecule has 0 atom stereocenters. The number of hydrogen-bond donors (Lipinski definition) is 2. The van der Waals surface area contributed by atoms with E-state index in [0.717, 1.165) is 41.0 Å². The van der Waals surface area contributed by atoms with E-state index in [-0.39, 0.29) is 11.7 Å². The van der Waals surface area contributed by atoms with Crippen molar-refractivity contribution < 1.29 is 22.7 Å². The summed E-state index contributed by atoms with van der Waals surface area (Å²) in [5.74, 6) is 1.09. The van der Waals surface area contributed by atoms with Gasteiger partial charge in [-0.15, -0.1) is 0 Å². The zero-order valence-electron chi connectivity index (χ0n) is 21.3. The number of benzene rings is 2. The largest absolute Gasteiger partial charge is 0.457 e. The standard InChI is InChI=1S/C27H29F3N6O2/c1-4-35(3)16-24(37)31-11-13-36-12-10-22-25(36)26(33-17-32-22)34-20-8-9-23(18(2)14-20)38-21-7-5-6-19(15-21)27(28,29)30/h5-10,12,14-15,17H,4,11,13,16H2,1-3H3,(H,31,37)(H,32,33,34). The van der Waals surface area contributed by atoms with Crippen molar-refractivity contribution in [3.05, 3.63) is 72.2 Å². The molecule has 0 aliphatic rings. The van der Waals surface area contributed by atoms with Crippen LogP contribution in [0.4, 0.5) is 24.7 Å². The van der Waals surface area contributed by atoms with Crippen molar-refractivity contribution in [2.75, 3.05) is 32.0 Å². The highest BCUT2D eigenvalue weighted by molar-refractivity contribution is 5.88. The fourth-order valence-corrected chi connectivity index (χ4v) is 3.88. The van der Waals surface area contributed by atoms with E-state index in [0.29, 0.717) is 31.2 Å². The van der Waals surface area contributed by atoms with Gasteiger partial charge < -0.3 is 19.9 Å². The first-order chi connectivity index (χ1) is 18.1. The molecule has 0 radical (unpaired) electrons. The second-order valence-corrected chi connectivity index (χ2v) is 8.88. The molecule has 0 bridgehead atoms. The van der Waals surface area contributed by atoms with E-state index in [2.05, 4.69) is 20.6 Å². The third-order valence-electron chi connectivity index (χ3n) is 6.01. The van der Waals surface area contributed by atoms with Crippen LogP contribution < -0.4 is 15.4 Å². The lowest BCUT2D eigenvalue weighted by Crippen LogP contribution is -2.36. The van der Waals surface area contributed by atoms with Crippen LogP contribution in [0.3, 0.4) is 0 Å². The number of aromatic nitrogens is 3. The lowest BCUT2D eigenvalue weighted by Gasteiger charge is -2.15. The molecular formula is C27H29F3N6O2. The van der Waals surface area contributed by atoms with Crippen LogP contribution in [0.15, 0.2) is 61.1 Å². The van der Waals surface area contributed by atoms with Gasteiger partial charge in [0.05, 0.1) is 17.6 Å². The third kappa shape index (κ3) is 6.60. The predicted molar refractivity (Wildman–Crippen MR) is 140 cm³/mol. The van der Waals surface area contributed by atoms with Crippen molar-refractivity contribution in [3.63, 3.8) is 0 Å². The summed E-state index contributed by atoms with van der Waals surface area (Å²) in [7, 11) is 1.89. The summed E-state index contributed by atoms with van der Waals surface area (Å²) in [4.78, 5) is 22.8. The highest BCUT2D eigenvalue weighted by Gasteiger charge is 2.30. The topological polar surface area (TPSA) is 84.3 Å². The molecule has 200 valence electrons. The van der Waals surface area contributed by atoms with Gasteiger partial charge in [-0.05, 0) is 68.5 Å². The van der Waals surface area contributed by atoms with Gasteiger partial charge in [-0.1, -0.05) is 13.0 Å². The average molecular weight is 527 g/mol. The third-order valence-corrected chi connectivity index (χ3v) is 6.01. The van der Waals surface area contributed by atoms with Crippen molar-refractivity contribution in [1.29, 1.82) is 0 Å². The van der Waals surface area contributed by atoms with Crippen LogP contribution in [-0.4, -0.2) is 52.0 Å². The molecule has 0 saturated carbocycles. The van der Waals surface area contributed by atoms with E-state index in [1.54, 1.807) is 12.1 Å². The molecule has 8 nitrogen and oxygen atoms in total. The number of carbonyl (C=O) groups excluding carboxylic acids is 1. The van der Waals surface area contributed by atoms with Gasteiger partial charge in [0.25, 0.3) is 0 Å². The molecule has 0 saturated heterocycles. The lowest BCUT2D eigenvalue weighted by molar-refractivity contribution is -0.137. The maximum atomic E-state index is 13.0. The van der Waals surface area contributed by atoms with Crippen LogP contribution in [0.2, 0.25) is 0 Å². The number of halogens is 3. The molecule has 2 heterocycles. The number of rotatable bonds is 10. The smallest absolute Gasteiger partial charge is 0.416 e. The first-order valence-electron chi connectivity index (χ1n) is 12.1. The number of aryl methyl sites for hydroxylation is 1. The minimum atomic E-state index is -4.44. The van der Waals surface area contributed by atoms with Crippen molar-refractivity contribution in [3.8, 4) is 11.5 Å². The molecule has 0 spiro atoms. The normalized spacial score (nSPS) is 11.7. The highest BCUT2D eigenvalue weighted by Crippen LogP contribution is 2.34. The molecule has 2 N–H and O–H groups in total. The molecule has 0 aliphatic carbocycles. The van der Waals surface area contributed by atoms with E-state index in [1.165, 1.54) is 18.5 Å². The molecule has 2 aromatic heterocycles. The van der Waals surface area contributed by atoms with Crippen LogP contribution in [0.1, 0.15) is 18.1 Å². The Morgan fingerprint density at radius 3 is 2.68 bits per heavy atom. The van der Waals surface area contributed by atoms with Crippen molar-refractivity contribution in [1.82, 2.24) is 24.8 Å². The number of nitrogens with zero attached hydrogens (tertiary/aromatic N) is 4. The Bertz CT molecular complexity index is 1420. The van der Waals surface area contributed by atoms with Gasteiger partial charge in [-0.3, -0.25) is 9.69 Å². The van der Waals surface area contributed by atoms with Crippen LogP contribution in [0.25, 0.3) is 11.0 Å². The summed E-state index contributed by atoms with van der Waals surface area (Å²) in [5.41, 5.74) is 2.22. The Morgan fingerprint density at radius 2 is 1.95 bits per heavy atom. The van der Waals surface area contributed by atoms with E-state index >= 15 is 0 Å². The minimum absolute atomic E-state index is 0.0386. The van der Waals surface area contributed by atoms with Crippen LogP contribution in [-0.2, 0) is 17.5 Å². The molecule has 38 heavy (non-hydrogen) atoms. The number of carbonyl (C=O) groups is 1. The Balaban J connectivity index is 1.47. The van der Waals surface area contributed by atoms with Gasteiger partial charge in [0, 0.05) is 25.0 Å². The first-order valence-corrected chi connectivity index (χ1v) is 12.1. The molecular weight excluding hydrogens is 497 g/mol. The highest BCUT2D eigenvalue weighted by atomic mass is 19.4. The zero-order chi connectivity index (χ0) is 27.3. The van der Waals surface area contributed by atoms with Crippen LogP contribution >= 0.6 is 0 Å². The number of anilines is 2. The average Bonchev–Trinajstić information content (AvgIpc) is 3.29. The van der Waals surface area contributed by atoms with Crippen LogP contribution in [0.5, 0.6) is 11.5 Å². The van der Waals surface area contributed by atoms with Crippen molar-refractivity contribution >= 4 is 28.4 Å². The first kappa shape index (κ1) is 26.9.